The van der Waals surface area contributed by atoms with Crippen LogP contribution in [0.1, 0.15) is 31.3 Å². The molecule has 0 aliphatic carbocycles. The second-order valence-corrected chi connectivity index (χ2v) is 8.76. The molecule has 2 heterocycles. The van der Waals surface area contributed by atoms with Gasteiger partial charge in [-0.2, -0.15) is 0 Å². The highest BCUT2D eigenvalue weighted by molar-refractivity contribution is 7.22. The van der Waals surface area contributed by atoms with E-state index in [4.69, 9.17) is 25.7 Å². The van der Waals surface area contributed by atoms with Crippen LogP contribution in [-0.2, 0) is 0 Å². The van der Waals surface area contributed by atoms with E-state index in [0.717, 1.165) is 35.2 Å². The molecule has 168 valence electrons. The van der Waals surface area contributed by atoms with Gasteiger partial charge in [-0.15, -0.1) is 0 Å². The third kappa shape index (κ3) is 4.60. The molecule has 0 aliphatic rings. The Morgan fingerprint density at radius 1 is 1.12 bits per heavy atom. The number of ether oxygens (including phenoxy) is 1. The van der Waals surface area contributed by atoms with Crippen LogP contribution in [0.2, 0.25) is 5.02 Å². The molecule has 6 nitrogen and oxygen atoms in total. The van der Waals surface area contributed by atoms with Crippen molar-refractivity contribution in [3.8, 4) is 5.75 Å². The van der Waals surface area contributed by atoms with E-state index in [1.54, 1.807) is 11.0 Å². The van der Waals surface area contributed by atoms with Gasteiger partial charge in [0, 0.05) is 23.5 Å². The van der Waals surface area contributed by atoms with Crippen LogP contribution >= 0.6 is 22.9 Å². The normalized spacial score (nSPS) is 11.5. The Balaban J connectivity index is 1.72. The maximum absolute atomic E-state index is 13.6. The molecule has 0 atom stereocenters. The minimum Gasteiger partial charge on any atom is -0.490 e. The third-order valence-corrected chi connectivity index (χ3v) is 6.64. The van der Waals surface area contributed by atoms with E-state index in [1.165, 1.54) is 11.3 Å². The summed E-state index contributed by atoms with van der Waals surface area (Å²) in [5, 5.41) is 2.11. The van der Waals surface area contributed by atoms with E-state index in [-0.39, 0.29) is 11.7 Å². The number of thiazole rings is 1. The summed E-state index contributed by atoms with van der Waals surface area (Å²) in [6, 6.07) is 13.0. The molecule has 8 heteroatoms. The molecule has 2 aromatic heterocycles. The van der Waals surface area contributed by atoms with Crippen LogP contribution in [-0.4, -0.2) is 48.6 Å². The predicted octanol–water partition coefficient (Wildman–Crippen LogP) is 6.08. The molecule has 32 heavy (non-hydrogen) atoms. The molecule has 0 saturated heterocycles. The maximum Gasteiger partial charge on any atom is 0.295 e. The highest BCUT2D eigenvalue weighted by Gasteiger charge is 2.25. The Kier molecular flexibility index (Phi) is 6.98. The largest absolute Gasteiger partial charge is 0.490 e. The number of likely N-dealkylation sites (N-methyl/N-ethyl adjacent to an activating group) is 1. The first-order chi connectivity index (χ1) is 15.5. The molecule has 1 amide bonds. The second kappa shape index (κ2) is 9.90. The molecule has 0 N–H and O–H groups in total. The number of rotatable bonds is 9. The lowest BCUT2D eigenvalue weighted by Gasteiger charge is -2.24. The quantitative estimate of drug-likeness (QED) is 0.296. The average Bonchev–Trinajstić information content (AvgIpc) is 3.41. The monoisotopic (exact) mass is 471 g/mol. The molecule has 0 radical (unpaired) electrons. The molecule has 0 unspecified atom stereocenters. The zero-order chi connectivity index (χ0) is 22.7. The SMILES string of the molecule is CCOc1cccc2cc(C(=O)N(CCN(CC)CC)c3nc4ccc(Cl)cc4s3)oc12. The van der Waals surface area contributed by atoms with Crippen LogP contribution in [0.15, 0.2) is 46.9 Å². The topological polar surface area (TPSA) is 58.8 Å². The fourth-order valence-corrected chi connectivity index (χ4v) is 4.88. The Morgan fingerprint density at radius 2 is 1.94 bits per heavy atom. The minimum absolute atomic E-state index is 0.221. The van der Waals surface area contributed by atoms with Crippen LogP contribution in [0.25, 0.3) is 21.2 Å². The number of carbonyl (C=O) groups excluding carboxylic acids is 1. The van der Waals surface area contributed by atoms with E-state index in [9.17, 15) is 4.79 Å². The van der Waals surface area contributed by atoms with Gasteiger partial charge in [0.25, 0.3) is 5.91 Å². The number of amides is 1. The second-order valence-electron chi connectivity index (χ2n) is 7.31. The van der Waals surface area contributed by atoms with Crippen LogP contribution in [0, 0.1) is 0 Å². The van der Waals surface area contributed by atoms with Gasteiger partial charge in [0.05, 0.1) is 16.8 Å². The summed E-state index contributed by atoms with van der Waals surface area (Å²) in [6.45, 7) is 9.74. The van der Waals surface area contributed by atoms with Gasteiger partial charge in [-0.3, -0.25) is 9.69 Å². The molecule has 2 aromatic carbocycles. The van der Waals surface area contributed by atoms with Gasteiger partial charge in [-0.05, 0) is 50.3 Å². The van der Waals surface area contributed by atoms with Gasteiger partial charge in [-0.25, -0.2) is 4.98 Å². The molecule has 4 rings (SSSR count). The summed E-state index contributed by atoms with van der Waals surface area (Å²) in [5.74, 6) is 0.679. The number of fused-ring (bicyclic) bond motifs is 2. The Morgan fingerprint density at radius 3 is 2.69 bits per heavy atom. The summed E-state index contributed by atoms with van der Waals surface area (Å²) in [7, 11) is 0. The van der Waals surface area contributed by atoms with Gasteiger partial charge < -0.3 is 14.1 Å². The van der Waals surface area contributed by atoms with Gasteiger partial charge in [0.2, 0.25) is 0 Å². The number of carbonyl (C=O) groups is 1. The zero-order valence-electron chi connectivity index (χ0n) is 18.4. The van der Waals surface area contributed by atoms with Crippen molar-refractivity contribution in [2.45, 2.75) is 20.8 Å². The van der Waals surface area contributed by atoms with Crippen molar-refractivity contribution in [2.75, 3.05) is 37.7 Å². The molecule has 0 aliphatic heterocycles. The smallest absolute Gasteiger partial charge is 0.295 e. The Labute approximate surface area is 196 Å². The van der Waals surface area contributed by atoms with Crippen molar-refractivity contribution in [3.05, 3.63) is 53.2 Å². The van der Waals surface area contributed by atoms with Crippen LogP contribution in [0.5, 0.6) is 5.75 Å². The number of benzene rings is 2. The summed E-state index contributed by atoms with van der Waals surface area (Å²) in [4.78, 5) is 22.3. The maximum atomic E-state index is 13.6. The minimum atomic E-state index is -0.221. The van der Waals surface area contributed by atoms with Crippen molar-refractivity contribution in [1.82, 2.24) is 9.88 Å². The average molecular weight is 472 g/mol. The highest BCUT2D eigenvalue weighted by Crippen LogP contribution is 2.33. The number of hydrogen-bond acceptors (Lipinski definition) is 6. The number of furan rings is 1. The fourth-order valence-electron chi connectivity index (χ4n) is 3.61. The number of nitrogens with zero attached hydrogens (tertiary/aromatic N) is 3. The predicted molar refractivity (Wildman–Crippen MR) is 131 cm³/mol. The van der Waals surface area contributed by atoms with E-state index in [2.05, 4.69) is 18.7 Å². The molecular formula is C24H26ClN3O3S. The number of aromatic nitrogens is 1. The van der Waals surface area contributed by atoms with Crippen LogP contribution in [0.3, 0.4) is 0 Å². The van der Waals surface area contributed by atoms with Gasteiger partial charge in [-0.1, -0.05) is 48.9 Å². The van der Waals surface area contributed by atoms with E-state index in [1.807, 2.05) is 43.3 Å². The zero-order valence-corrected chi connectivity index (χ0v) is 20.0. The van der Waals surface area contributed by atoms with Crippen molar-refractivity contribution in [3.63, 3.8) is 0 Å². The van der Waals surface area contributed by atoms with Crippen LogP contribution < -0.4 is 9.64 Å². The third-order valence-electron chi connectivity index (χ3n) is 5.37. The Bertz CT molecular complexity index is 1230. The highest BCUT2D eigenvalue weighted by atomic mass is 35.5. The lowest BCUT2D eigenvalue weighted by atomic mass is 10.2. The summed E-state index contributed by atoms with van der Waals surface area (Å²) < 4.78 is 12.6. The van der Waals surface area contributed by atoms with Gasteiger partial charge >= 0.3 is 0 Å². The lowest BCUT2D eigenvalue weighted by molar-refractivity contribution is 0.0959. The van der Waals surface area contributed by atoms with Crippen molar-refractivity contribution in [1.29, 1.82) is 0 Å². The van der Waals surface area contributed by atoms with E-state index in [0.29, 0.717) is 34.6 Å². The number of hydrogen-bond donors (Lipinski definition) is 0. The standard InChI is InChI=1S/C24H26ClN3O3S/c1-4-27(5-2)12-13-28(24-26-18-11-10-17(25)15-21(18)32-24)23(29)20-14-16-8-7-9-19(30-6-3)22(16)31-20/h7-11,14-15H,4-6,12-13H2,1-3H3. The van der Waals surface area contributed by atoms with Crippen molar-refractivity contribution < 1.29 is 13.9 Å². The lowest BCUT2D eigenvalue weighted by Crippen LogP contribution is -2.38. The molecule has 0 spiro atoms. The van der Waals surface area contributed by atoms with Crippen LogP contribution in [0.4, 0.5) is 5.13 Å². The van der Waals surface area contributed by atoms with Crippen molar-refractivity contribution in [2.24, 2.45) is 0 Å². The number of para-hydroxylation sites is 1. The Hall–Kier alpha value is -2.61. The van der Waals surface area contributed by atoms with Gasteiger partial charge in [0.1, 0.15) is 0 Å². The summed E-state index contributed by atoms with van der Waals surface area (Å²) >= 11 is 7.61. The number of halogens is 1. The van der Waals surface area contributed by atoms with Crippen molar-refractivity contribution >= 4 is 55.2 Å². The first kappa shape index (κ1) is 22.6. The molecule has 0 saturated carbocycles. The fraction of sp³-hybridized carbons (Fsp3) is 0.333. The van der Waals surface area contributed by atoms with E-state index >= 15 is 0 Å². The first-order valence-corrected chi connectivity index (χ1v) is 12.0. The molecule has 0 fully saturated rings. The molecule has 0 bridgehead atoms. The first-order valence-electron chi connectivity index (χ1n) is 10.8. The molecule has 4 aromatic rings. The number of anilines is 1. The summed E-state index contributed by atoms with van der Waals surface area (Å²) in [6.07, 6.45) is 0. The summed E-state index contributed by atoms with van der Waals surface area (Å²) in [5.41, 5.74) is 1.40. The van der Waals surface area contributed by atoms with Gasteiger partial charge in [0.15, 0.2) is 22.2 Å². The molecular weight excluding hydrogens is 446 g/mol. The van der Waals surface area contributed by atoms with E-state index < -0.39 is 0 Å².